The van der Waals surface area contributed by atoms with Crippen molar-refractivity contribution in [1.29, 1.82) is 0 Å². The first-order valence-corrected chi connectivity index (χ1v) is 10.5. The van der Waals surface area contributed by atoms with Gasteiger partial charge in [0.25, 0.3) is 0 Å². The summed E-state index contributed by atoms with van der Waals surface area (Å²) in [6, 6.07) is 13.2. The lowest BCUT2D eigenvalue weighted by Gasteiger charge is -2.26. The van der Waals surface area contributed by atoms with Crippen molar-refractivity contribution in [3.63, 3.8) is 0 Å². The number of thioether (sulfide) groups is 1. The van der Waals surface area contributed by atoms with E-state index in [9.17, 15) is 9.59 Å². The Kier molecular flexibility index (Phi) is 7.04. The van der Waals surface area contributed by atoms with Crippen LogP contribution in [0.25, 0.3) is 0 Å². The quantitative estimate of drug-likeness (QED) is 0.691. The average molecular weight is 415 g/mol. The van der Waals surface area contributed by atoms with Crippen LogP contribution in [0.5, 0.6) is 11.5 Å². The van der Waals surface area contributed by atoms with Crippen molar-refractivity contribution < 1.29 is 19.1 Å². The second kappa shape index (κ2) is 9.69. The van der Waals surface area contributed by atoms with Gasteiger partial charge in [0.1, 0.15) is 11.5 Å². The zero-order valence-electron chi connectivity index (χ0n) is 16.9. The number of amides is 2. The summed E-state index contributed by atoms with van der Waals surface area (Å²) in [5.74, 6) is 1.90. The number of likely N-dealkylation sites (tertiary alicyclic amines) is 1. The molecule has 2 amide bonds. The highest BCUT2D eigenvalue weighted by atomic mass is 32.2. The number of carbonyl (C=O) groups excluding carboxylic acids is 2. The van der Waals surface area contributed by atoms with Gasteiger partial charge in [0.05, 0.1) is 26.0 Å². The van der Waals surface area contributed by atoms with E-state index in [0.717, 1.165) is 47.0 Å². The van der Waals surface area contributed by atoms with Crippen molar-refractivity contribution >= 4 is 29.3 Å². The minimum absolute atomic E-state index is 0.00436. The van der Waals surface area contributed by atoms with Crippen LogP contribution in [0.2, 0.25) is 0 Å². The smallest absolute Gasteiger partial charge is 0.233 e. The van der Waals surface area contributed by atoms with E-state index in [4.69, 9.17) is 9.47 Å². The number of anilines is 1. The minimum atomic E-state index is -0.103. The Morgan fingerprint density at radius 1 is 1.14 bits per heavy atom. The zero-order chi connectivity index (χ0) is 20.8. The van der Waals surface area contributed by atoms with Crippen LogP contribution < -0.4 is 14.8 Å². The van der Waals surface area contributed by atoms with Crippen molar-refractivity contribution in [3.8, 4) is 11.5 Å². The molecule has 3 rings (SSSR count). The summed E-state index contributed by atoms with van der Waals surface area (Å²) in [7, 11) is 3.28. The van der Waals surface area contributed by atoms with Crippen LogP contribution in [0.4, 0.5) is 5.69 Å². The summed E-state index contributed by atoms with van der Waals surface area (Å²) >= 11 is 1.50. The number of hydrogen-bond acceptors (Lipinski definition) is 5. The molecule has 0 radical (unpaired) electrons. The molecule has 154 valence electrons. The fourth-order valence-electron chi connectivity index (χ4n) is 3.55. The third-order valence-corrected chi connectivity index (χ3v) is 5.90. The molecule has 0 aromatic heterocycles. The summed E-state index contributed by atoms with van der Waals surface area (Å²) in [4.78, 5) is 27.0. The standard InChI is InChI=1S/C22H26N2O4S/c1-15(25)23-16-6-9-18(10-7-16)29-14-22(26)24-12-4-5-20(24)19-13-17(27-2)8-11-21(19)28-3/h6-11,13,20H,4-5,12,14H2,1-3H3,(H,23,25)/t20-/m1/s1. The molecule has 0 spiro atoms. The van der Waals surface area contributed by atoms with Crippen molar-refractivity contribution in [2.75, 3.05) is 31.8 Å². The minimum Gasteiger partial charge on any atom is -0.497 e. The van der Waals surface area contributed by atoms with Crippen LogP contribution in [-0.2, 0) is 9.59 Å². The Morgan fingerprint density at radius 3 is 2.55 bits per heavy atom. The van der Waals surface area contributed by atoms with E-state index < -0.39 is 0 Å². The summed E-state index contributed by atoms with van der Waals surface area (Å²) in [6.45, 7) is 2.22. The fraction of sp³-hybridized carbons (Fsp3) is 0.364. The van der Waals surface area contributed by atoms with Crippen molar-refractivity contribution in [1.82, 2.24) is 4.90 Å². The molecule has 0 saturated carbocycles. The summed E-state index contributed by atoms with van der Waals surface area (Å²) in [6.07, 6.45) is 1.87. The highest BCUT2D eigenvalue weighted by Gasteiger charge is 2.32. The van der Waals surface area contributed by atoms with Gasteiger partial charge in [-0.1, -0.05) is 0 Å². The van der Waals surface area contributed by atoms with E-state index in [0.29, 0.717) is 5.75 Å². The number of methoxy groups -OCH3 is 2. The maximum Gasteiger partial charge on any atom is 0.233 e. The number of benzene rings is 2. The SMILES string of the molecule is COc1ccc(OC)c([C@H]2CCCN2C(=O)CSc2ccc(NC(C)=O)cc2)c1. The van der Waals surface area contributed by atoms with Crippen LogP contribution >= 0.6 is 11.8 Å². The Balaban J connectivity index is 1.67. The van der Waals surface area contributed by atoms with Gasteiger partial charge in [-0.05, 0) is 55.3 Å². The van der Waals surface area contributed by atoms with Gasteiger partial charge in [0.15, 0.2) is 0 Å². The Labute approximate surface area is 175 Å². The molecule has 1 aliphatic rings. The average Bonchev–Trinajstić information content (AvgIpc) is 3.22. The molecule has 29 heavy (non-hydrogen) atoms. The first kappa shape index (κ1) is 21.0. The van der Waals surface area contributed by atoms with Crippen molar-refractivity contribution in [2.45, 2.75) is 30.7 Å². The van der Waals surface area contributed by atoms with Crippen molar-refractivity contribution in [3.05, 3.63) is 48.0 Å². The van der Waals surface area contributed by atoms with Gasteiger partial charge in [0.2, 0.25) is 11.8 Å². The van der Waals surface area contributed by atoms with Gasteiger partial charge in [-0.15, -0.1) is 11.8 Å². The first-order valence-electron chi connectivity index (χ1n) is 9.53. The van der Waals surface area contributed by atoms with Crippen molar-refractivity contribution in [2.24, 2.45) is 0 Å². The van der Waals surface area contributed by atoms with E-state index in [1.165, 1.54) is 18.7 Å². The van der Waals surface area contributed by atoms with Crippen LogP contribution in [0.1, 0.15) is 31.4 Å². The van der Waals surface area contributed by atoms with Crippen LogP contribution in [-0.4, -0.2) is 43.2 Å². The molecule has 6 nitrogen and oxygen atoms in total. The van der Waals surface area contributed by atoms with E-state index >= 15 is 0 Å². The molecule has 1 saturated heterocycles. The maximum atomic E-state index is 12.9. The highest BCUT2D eigenvalue weighted by molar-refractivity contribution is 8.00. The van der Waals surface area contributed by atoms with E-state index in [-0.39, 0.29) is 17.9 Å². The normalized spacial score (nSPS) is 15.8. The number of nitrogens with zero attached hydrogens (tertiary/aromatic N) is 1. The summed E-state index contributed by atoms with van der Waals surface area (Å²) in [5, 5.41) is 2.74. The lowest BCUT2D eigenvalue weighted by Crippen LogP contribution is -2.32. The molecule has 1 heterocycles. The van der Waals surface area contributed by atoms with Gasteiger partial charge >= 0.3 is 0 Å². The highest BCUT2D eigenvalue weighted by Crippen LogP contribution is 2.39. The van der Waals surface area contributed by atoms with E-state index in [1.807, 2.05) is 47.4 Å². The lowest BCUT2D eigenvalue weighted by molar-refractivity contribution is -0.129. The van der Waals surface area contributed by atoms with Gasteiger partial charge in [0, 0.05) is 29.6 Å². The molecule has 1 atom stereocenters. The molecule has 7 heteroatoms. The number of hydrogen-bond donors (Lipinski definition) is 1. The van der Waals surface area contributed by atoms with Gasteiger partial charge in [-0.3, -0.25) is 9.59 Å². The Bertz CT molecular complexity index is 870. The largest absolute Gasteiger partial charge is 0.497 e. The van der Waals surface area contributed by atoms with Gasteiger partial charge in [-0.2, -0.15) is 0 Å². The fourth-order valence-corrected chi connectivity index (χ4v) is 4.34. The first-order chi connectivity index (χ1) is 14.0. The molecule has 0 bridgehead atoms. The summed E-state index contributed by atoms with van der Waals surface area (Å²) in [5.41, 5.74) is 1.74. The van der Waals surface area contributed by atoms with Crippen LogP contribution in [0.15, 0.2) is 47.4 Å². The van der Waals surface area contributed by atoms with Crippen LogP contribution in [0.3, 0.4) is 0 Å². The van der Waals surface area contributed by atoms with Gasteiger partial charge < -0.3 is 19.7 Å². The monoisotopic (exact) mass is 414 g/mol. The molecule has 2 aromatic carbocycles. The third-order valence-electron chi connectivity index (χ3n) is 4.91. The van der Waals surface area contributed by atoms with Crippen LogP contribution in [0, 0.1) is 0 Å². The molecule has 0 unspecified atom stereocenters. The second-order valence-electron chi connectivity index (χ2n) is 6.85. The number of carbonyl (C=O) groups is 2. The third kappa shape index (κ3) is 5.23. The molecule has 1 fully saturated rings. The number of rotatable bonds is 7. The number of ether oxygens (including phenoxy) is 2. The molecule has 1 aliphatic heterocycles. The number of nitrogens with one attached hydrogen (secondary N) is 1. The predicted octanol–water partition coefficient (Wildman–Crippen LogP) is 4.12. The predicted molar refractivity (Wildman–Crippen MR) is 115 cm³/mol. The molecular formula is C22H26N2O4S. The second-order valence-corrected chi connectivity index (χ2v) is 7.90. The molecule has 0 aliphatic carbocycles. The molecule has 2 aromatic rings. The lowest BCUT2D eigenvalue weighted by atomic mass is 10.0. The maximum absolute atomic E-state index is 12.9. The Morgan fingerprint density at radius 2 is 1.90 bits per heavy atom. The topological polar surface area (TPSA) is 67.9 Å². The Hall–Kier alpha value is -2.67. The molecule has 1 N–H and O–H groups in total. The van der Waals surface area contributed by atoms with E-state index in [1.54, 1.807) is 14.2 Å². The molecular weight excluding hydrogens is 388 g/mol. The zero-order valence-corrected chi connectivity index (χ0v) is 17.8. The van der Waals surface area contributed by atoms with Gasteiger partial charge in [-0.25, -0.2) is 0 Å². The van der Waals surface area contributed by atoms with E-state index in [2.05, 4.69) is 5.32 Å². The summed E-state index contributed by atoms with van der Waals surface area (Å²) < 4.78 is 10.9.